The molecule has 2 aliphatic rings. The maximum absolute atomic E-state index is 12.8. The summed E-state index contributed by atoms with van der Waals surface area (Å²) >= 11 is 0. The van der Waals surface area contributed by atoms with Crippen molar-refractivity contribution in [3.8, 4) is 0 Å². The highest BCUT2D eigenvalue weighted by Gasteiger charge is 2.68. The molecule has 2 aromatic rings. The van der Waals surface area contributed by atoms with Gasteiger partial charge in [-0.3, -0.25) is 14.9 Å². The van der Waals surface area contributed by atoms with Gasteiger partial charge in [0.1, 0.15) is 0 Å². The first kappa shape index (κ1) is 15.1. The lowest BCUT2D eigenvalue weighted by Crippen LogP contribution is -2.47. The highest BCUT2D eigenvalue weighted by molar-refractivity contribution is 6.10. The maximum Gasteiger partial charge on any atom is 0.235 e. The summed E-state index contributed by atoms with van der Waals surface area (Å²) in [5.74, 6) is -0.283. The third kappa shape index (κ3) is 2.10. The fourth-order valence-electron chi connectivity index (χ4n) is 4.28. The number of benzene rings is 2. The number of amides is 2. The number of rotatable bonds is 4. The van der Waals surface area contributed by atoms with Crippen molar-refractivity contribution in [3.05, 3.63) is 71.8 Å². The van der Waals surface area contributed by atoms with E-state index < -0.39 is 10.8 Å². The number of hydrogen-bond acceptors (Lipinski definition) is 3. The van der Waals surface area contributed by atoms with Crippen LogP contribution in [0.2, 0.25) is 0 Å². The Morgan fingerprint density at radius 1 is 0.708 bits per heavy atom. The Hall–Kier alpha value is -2.46. The van der Waals surface area contributed by atoms with Crippen molar-refractivity contribution in [2.24, 2.45) is 10.8 Å². The molecule has 2 saturated heterocycles. The standard InChI is InChI=1S/C20H20N2O2/c23-17-19(11-15-7-3-1-4-8-15)13-21-14-20(19,18(24)22-17)12-16-9-5-2-6-10-16/h1-10,21H,11-14H2,(H,22,23,24). The summed E-state index contributed by atoms with van der Waals surface area (Å²) in [6.45, 7) is 1.07. The Bertz CT molecular complexity index is 709. The summed E-state index contributed by atoms with van der Waals surface area (Å²) in [5, 5.41) is 5.95. The van der Waals surface area contributed by atoms with Crippen LogP contribution >= 0.6 is 0 Å². The van der Waals surface area contributed by atoms with E-state index in [9.17, 15) is 9.59 Å². The van der Waals surface area contributed by atoms with Crippen LogP contribution in [0.3, 0.4) is 0 Å². The minimum Gasteiger partial charge on any atom is -0.314 e. The fraction of sp³-hybridized carbons (Fsp3) is 0.300. The van der Waals surface area contributed by atoms with Crippen LogP contribution in [-0.2, 0) is 22.4 Å². The Balaban J connectivity index is 1.77. The van der Waals surface area contributed by atoms with E-state index in [1.54, 1.807) is 0 Å². The number of imide groups is 1. The predicted octanol–water partition coefficient (Wildman–Crippen LogP) is 1.70. The van der Waals surface area contributed by atoms with E-state index in [0.717, 1.165) is 11.1 Å². The van der Waals surface area contributed by atoms with Gasteiger partial charge in [-0.15, -0.1) is 0 Å². The lowest BCUT2D eigenvalue weighted by molar-refractivity contribution is -0.130. The zero-order valence-electron chi connectivity index (χ0n) is 13.4. The quantitative estimate of drug-likeness (QED) is 0.843. The number of carbonyl (C=O) groups excluding carboxylic acids is 2. The lowest BCUT2D eigenvalue weighted by Gasteiger charge is -2.35. The SMILES string of the molecule is O=C1NC(=O)C2(Cc3ccccc3)CNCC12Cc1ccccc1. The largest absolute Gasteiger partial charge is 0.314 e. The lowest BCUT2D eigenvalue weighted by atomic mass is 9.62. The molecule has 4 nitrogen and oxygen atoms in total. The molecule has 122 valence electrons. The monoisotopic (exact) mass is 320 g/mol. The second kappa shape index (κ2) is 5.56. The Kier molecular flexibility index (Phi) is 3.50. The first-order valence-corrected chi connectivity index (χ1v) is 8.31. The van der Waals surface area contributed by atoms with Crippen LogP contribution in [0.5, 0.6) is 0 Å². The first-order valence-electron chi connectivity index (χ1n) is 8.31. The molecule has 2 aromatic carbocycles. The van der Waals surface area contributed by atoms with Crippen LogP contribution in [0.15, 0.2) is 60.7 Å². The summed E-state index contributed by atoms with van der Waals surface area (Å²) in [5.41, 5.74) is 0.731. The van der Waals surface area contributed by atoms with Crippen LogP contribution in [0, 0.1) is 10.8 Å². The van der Waals surface area contributed by atoms with E-state index in [0.29, 0.717) is 25.9 Å². The molecule has 0 saturated carbocycles. The Morgan fingerprint density at radius 2 is 1.12 bits per heavy atom. The van der Waals surface area contributed by atoms with Gasteiger partial charge in [0.15, 0.2) is 0 Å². The Morgan fingerprint density at radius 3 is 1.54 bits per heavy atom. The summed E-state index contributed by atoms with van der Waals surface area (Å²) in [6, 6.07) is 19.9. The van der Waals surface area contributed by atoms with Crippen molar-refractivity contribution in [2.75, 3.05) is 13.1 Å². The van der Waals surface area contributed by atoms with Gasteiger partial charge in [-0.2, -0.15) is 0 Å². The molecule has 2 unspecified atom stereocenters. The summed E-state index contributed by atoms with van der Waals surface area (Å²) in [7, 11) is 0. The van der Waals surface area contributed by atoms with Gasteiger partial charge >= 0.3 is 0 Å². The van der Waals surface area contributed by atoms with E-state index >= 15 is 0 Å². The zero-order chi connectivity index (χ0) is 16.6. The number of carbonyl (C=O) groups is 2. The van der Waals surface area contributed by atoms with Gasteiger partial charge in [0, 0.05) is 13.1 Å². The van der Waals surface area contributed by atoms with Crippen molar-refractivity contribution >= 4 is 11.8 Å². The normalized spacial score (nSPS) is 28.7. The molecule has 2 amide bonds. The van der Waals surface area contributed by atoms with Crippen LogP contribution in [0.4, 0.5) is 0 Å². The molecule has 2 aliphatic heterocycles. The molecule has 24 heavy (non-hydrogen) atoms. The van der Waals surface area contributed by atoms with E-state index in [1.165, 1.54) is 0 Å². The minimum absolute atomic E-state index is 0.141. The molecule has 2 atom stereocenters. The number of hydrogen-bond donors (Lipinski definition) is 2. The van der Waals surface area contributed by atoms with Gasteiger partial charge < -0.3 is 5.32 Å². The topological polar surface area (TPSA) is 58.2 Å². The highest BCUT2D eigenvalue weighted by atomic mass is 16.2. The molecular formula is C20H20N2O2. The first-order chi connectivity index (χ1) is 11.7. The summed E-state index contributed by atoms with van der Waals surface area (Å²) in [4.78, 5) is 25.6. The van der Waals surface area contributed by atoms with Crippen molar-refractivity contribution < 1.29 is 9.59 Å². The number of nitrogens with one attached hydrogen (secondary N) is 2. The van der Waals surface area contributed by atoms with Gasteiger partial charge in [0.2, 0.25) is 11.8 Å². The molecule has 2 heterocycles. The zero-order valence-corrected chi connectivity index (χ0v) is 13.4. The van der Waals surface area contributed by atoms with E-state index in [2.05, 4.69) is 10.6 Å². The average Bonchev–Trinajstić information content (AvgIpc) is 3.04. The van der Waals surface area contributed by atoms with Gasteiger partial charge in [-0.05, 0) is 24.0 Å². The average molecular weight is 320 g/mol. The van der Waals surface area contributed by atoms with E-state index in [1.807, 2.05) is 60.7 Å². The summed E-state index contributed by atoms with van der Waals surface area (Å²) in [6.07, 6.45) is 1.15. The van der Waals surface area contributed by atoms with Crippen molar-refractivity contribution in [2.45, 2.75) is 12.8 Å². The smallest absolute Gasteiger partial charge is 0.235 e. The van der Waals surface area contributed by atoms with Gasteiger partial charge in [0.05, 0.1) is 10.8 Å². The van der Waals surface area contributed by atoms with Gasteiger partial charge in [0.25, 0.3) is 0 Å². The second-order valence-corrected chi connectivity index (χ2v) is 6.88. The molecule has 2 fully saturated rings. The van der Waals surface area contributed by atoms with Crippen LogP contribution in [-0.4, -0.2) is 24.9 Å². The number of fused-ring (bicyclic) bond motifs is 1. The second-order valence-electron chi connectivity index (χ2n) is 6.88. The maximum atomic E-state index is 12.8. The third-order valence-corrected chi connectivity index (χ3v) is 5.56. The van der Waals surface area contributed by atoms with Crippen molar-refractivity contribution in [3.63, 3.8) is 0 Å². The Labute approximate surface area is 141 Å². The fourth-order valence-corrected chi connectivity index (χ4v) is 4.28. The molecule has 0 aromatic heterocycles. The predicted molar refractivity (Wildman–Crippen MR) is 91.2 cm³/mol. The van der Waals surface area contributed by atoms with Crippen LogP contribution < -0.4 is 10.6 Å². The highest BCUT2D eigenvalue weighted by Crippen LogP contribution is 2.51. The van der Waals surface area contributed by atoms with Crippen LogP contribution in [0.25, 0.3) is 0 Å². The van der Waals surface area contributed by atoms with E-state index in [-0.39, 0.29) is 11.8 Å². The molecule has 2 N–H and O–H groups in total. The molecular weight excluding hydrogens is 300 g/mol. The minimum atomic E-state index is -0.721. The van der Waals surface area contributed by atoms with E-state index in [4.69, 9.17) is 0 Å². The van der Waals surface area contributed by atoms with Gasteiger partial charge in [-0.25, -0.2) is 0 Å². The third-order valence-electron chi connectivity index (χ3n) is 5.56. The molecule has 0 aliphatic carbocycles. The van der Waals surface area contributed by atoms with Crippen molar-refractivity contribution in [1.82, 2.24) is 10.6 Å². The molecule has 4 rings (SSSR count). The van der Waals surface area contributed by atoms with Crippen molar-refractivity contribution in [1.29, 1.82) is 0 Å². The van der Waals surface area contributed by atoms with Gasteiger partial charge in [-0.1, -0.05) is 60.7 Å². The molecule has 0 spiro atoms. The van der Waals surface area contributed by atoms with Crippen LogP contribution in [0.1, 0.15) is 11.1 Å². The molecule has 0 bridgehead atoms. The summed E-state index contributed by atoms with van der Waals surface area (Å²) < 4.78 is 0. The molecule has 4 heteroatoms. The molecule has 0 radical (unpaired) electrons.